The molecule has 2 amide bonds. The number of rotatable bonds is 4. The highest BCUT2D eigenvalue weighted by Gasteiger charge is 2.44. The normalized spacial score (nSPS) is 21.0. The van der Waals surface area contributed by atoms with Crippen LogP contribution in [0.1, 0.15) is 34.3 Å². The molecule has 35 heavy (non-hydrogen) atoms. The summed E-state index contributed by atoms with van der Waals surface area (Å²) in [5.74, 6) is -0.366. The van der Waals surface area contributed by atoms with E-state index in [-0.39, 0.29) is 29.6 Å². The fourth-order valence-electron chi connectivity index (χ4n) is 5.35. The first kappa shape index (κ1) is 24.6. The van der Waals surface area contributed by atoms with Crippen LogP contribution in [0.4, 0.5) is 18.9 Å². The minimum Gasteiger partial charge on any atom is -0.372 e. The van der Waals surface area contributed by atoms with Crippen LogP contribution in [-0.4, -0.2) is 49.9 Å². The molecule has 0 aromatic heterocycles. The molecule has 2 aliphatic heterocycles. The van der Waals surface area contributed by atoms with Crippen molar-refractivity contribution < 1.29 is 22.8 Å². The van der Waals surface area contributed by atoms with Gasteiger partial charge in [-0.15, -0.1) is 0 Å². The Balaban J connectivity index is 1.47. The Morgan fingerprint density at radius 3 is 2.34 bits per heavy atom. The number of halogens is 3. The molecule has 2 atom stereocenters. The predicted octanol–water partition coefficient (Wildman–Crippen LogP) is 3.93. The summed E-state index contributed by atoms with van der Waals surface area (Å²) < 4.78 is 40.2. The Bertz CT molecular complexity index is 1120. The Morgan fingerprint density at radius 1 is 1.06 bits per heavy atom. The van der Waals surface area contributed by atoms with Gasteiger partial charge in [0.2, 0.25) is 5.91 Å². The van der Waals surface area contributed by atoms with Gasteiger partial charge in [-0.1, -0.05) is 18.2 Å². The lowest BCUT2D eigenvalue weighted by Crippen LogP contribution is -2.41. The first-order valence-electron chi connectivity index (χ1n) is 11.6. The van der Waals surface area contributed by atoms with Gasteiger partial charge in [-0.25, -0.2) is 0 Å². The van der Waals surface area contributed by atoms with Crippen molar-refractivity contribution in [3.05, 3.63) is 65.2 Å². The van der Waals surface area contributed by atoms with Crippen LogP contribution in [0.2, 0.25) is 0 Å². The van der Waals surface area contributed by atoms with E-state index in [1.165, 1.54) is 6.07 Å². The van der Waals surface area contributed by atoms with Crippen LogP contribution in [0.3, 0.4) is 0 Å². The number of piperidine rings is 1. The fraction of sp³-hybridized carbons (Fsp3) is 0.423. The molecular weight excluding hydrogens is 457 g/mol. The molecule has 0 spiro atoms. The van der Waals surface area contributed by atoms with E-state index in [9.17, 15) is 22.8 Å². The van der Waals surface area contributed by atoms with Crippen LogP contribution in [0.5, 0.6) is 0 Å². The zero-order valence-electron chi connectivity index (χ0n) is 19.4. The summed E-state index contributed by atoms with van der Waals surface area (Å²) in [4.78, 5) is 29.3. The topological polar surface area (TPSA) is 76.4 Å². The van der Waals surface area contributed by atoms with Gasteiger partial charge in [-0.2, -0.15) is 18.4 Å². The number of anilines is 1. The van der Waals surface area contributed by atoms with Crippen molar-refractivity contribution >= 4 is 17.5 Å². The lowest BCUT2D eigenvalue weighted by Gasteiger charge is -2.37. The number of nitriles is 1. The molecule has 184 valence electrons. The van der Waals surface area contributed by atoms with Gasteiger partial charge in [0.1, 0.15) is 0 Å². The number of alkyl halides is 3. The molecule has 0 bridgehead atoms. The van der Waals surface area contributed by atoms with Crippen LogP contribution in [-0.2, 0) is 11.0 Å². The molecule has 2 heterocycles. The van der Waals surface area contributed by atoms with E-state index in [1.54, 1.807) is 48.3 Å². The van der Waals surface area contributed by atoms with Gasteiger partial charge in [0, 0.05) is 44.5 Å². The molecule has 0 aliphatic carbocycles. The third-order valence-corrected chi connectivity index (χ3v) is 7.20. The Morgan fingerprint density at radius 2 is 1.74 bits per heavy atom. The quantitative estimate of drug-likeness (QED) is 0.714. The van der Waals surface area contributed by atoms with Crippen molar-refractivity contribution in [3.8, 4) is 6.07 Å². The molecule has 2 aliphatic rings. The number of likely N-dealkylation sites (tertiary alicyclic amines) is 1. The molecule has 2 unspecified atom stereocenters. The van der Waals surface area contributed by atoms with Gasteiger partial charge in [0.25, 0.3) is 5.91 Å². The average Bonchev–Trinajstić information content (AvgIpc) is 3.33. The summed E-state index contributed by atoms with van der Waals surface area (Å²) >= 11 is 0. The lowest BCUT2D eigenvalue weighted by atomic mass is 9.78. The molecule has 2 aromatic rings. The van der Waals surface area contributed by atoms with Crippen LogP contribution in [0, 0.1) is 29.1 Å². The summed E-state index contributed by atoms with van der Waals surface area (Å²) in [6.45, 7) is 1.91. The highest BCUT2D eigenvalue weighted by molar-refractivity contribution is 5.95. The number of amides is 2. The van der Waals surface area contributed by atoms with Gasteiger partial charge in [-0.05, 0) is 55.0 Å². The summed E-state index contributed by atoms with van der Waals surface area (Å²) in [5, 5.41) is 11.8. The van der Waals surface area contributed by atoms with E-state index < -0.39 is 17.3 Å². The number of nitrogens with zero attached hydrogens (tertiary/aromatic N) is 3. The van der Waals surface area contributed by atoms with Crippen molar-refractivity contribution in [2.24, 2.45) is 17.8 Å². The summed E-state index contributed by atoms with van der Waals surface area (Å²) in [6, 6.07) is 14.4. The standard InChI is InChI=1S/C26H27F3N4O2/c1-31-24(34)22-16-33(25(35)18-5-3-2-4-6-18)15-21(22)17-9-11-32(12-10-17)20-8-7-19(14-30)23(13-20)26(27,28)29/h2-8,13,17,21-22H,9-12,15-16H2,1H3,(H,31,34). The minimum absolute atomic E-state index is 0.0172. The van der Waals surface area contributed by atoms with Crippen LogP contribution in [0.25, 0.3) is 0 Å². The van der Waals surface area contributed by atoms with Crippen LogP contribution >= 0.6 is 0 Å². The Labute approximate surface area is 202 Å². The van der Waals surface area contributed by atoms with E-state index in [1.807, 2.05) is 11.0 Å². The molecule has 9 heteroatoms. The molecule has 1 N–H and O–H groups in total. The maximum Gasteiger partial charge on any atom is 0.417 e. The SMILES string of the molecule is CNC(=O)C1CN(C(=O)c2ccccc2)CC1C1CCN(c2ccc(C#N)c(C(F)(F)F)c2)CC1. The summed E-state index contributed by atoms with van der Waals surface area (Å²) in [7, 11) is 1.59. The van der Waals surface area contributed by atoms with Crippen LogP contribution < -0.4 is 10.2 Å². The van der Waals surface area contributed by atoms with Gasteiger partial charge in [0.15, 0.2) is 0 Å². The molecule has 0 saturated carbocycles. The van der Waals surface area contributed by atoms with Gasteiger partial charge >= 0.3 is 6.18 Å². The van der Waals surface area contributed by atoms with Crippen molar-refractivity contribution in [1.82, 2.24) is 10.2 Å². The first-order chi connectivity index (χ1) is 16.7. The molecule has 4 rings (SSSR count). The summed E-state index contributed by atoms with van der Waals surface area (Å²) in [6.07, 6.45) is -3.20. The van der Waals surface area contributed by atoms with E-state index in [0.717, 1.165) is 6.07 Å². The third-order valence-electron chi connectivity index (χ3n) is 7.20. The zero-order valence-corrected chi connectivity index (χ0v) is 19.4. The van der Waals surface area contributed by atoms with Gasteiger partial charge in [-0.3, -0.25) is 9.59 Å². The number of nitrogens with one attached hydrogen (secondary N) is 1. The third kappa shape index (κ3) is 5.11. The van der Waals surface area contributed by atoms with Crippen molar-refractivity contribution in [1.29, 1.82) is 5.26 Å². The van der Waals surface area contributed by atoms with E-state index in [0.29, 0.717) is 50.3 Å². The zero-order chi connectivity index (χ0) is 25.2. The number of carbonyl (C=O) groups is 2. The maximum absolute atomic E-state index is 13.4. The van der Waals surface area contributed by atoms with Crippen molar-refractivity contribution in [3.63, 3.8) is 0 Å². The van der Waals surface area contributed by atoms with E-state index in [2.05, 4.69) is 5.32 Å². The van der Waals surface area contributed by atoms with Crippen LogP contribution in [0.15, 0.2) is 48.5 Å². The van der Waals surface area contributed by atoms with E-state index >= 15 is 0 Å². The molecule has 6 nitrogen and oxygen atoms in total. The largest absolute Gasteiger partial charge is 0.417 e. The first-order valence-corrected chi connectivity index (χ1v) is 11.6. The highest BCUT2D eigenvalue weighted by Crippen LogP contribution is 2.39. The second kappa shape index (κ2) is 9.98. The van der Waals surface area contributed by atoms with Crippen molar-refractivity contribution in [2.45, 2.75) is 19.0 Å². The Hall–Kier alpha value is -3.54. The fourth-order valence-corrected chi connectivity index (χ4v) is 5.35. The van der Waals surface area contributed by atoms with E-state index in [4.69, 9.17) is 5.26 Å². The minimum atomic E-state index is -4.60. The summed E-state index contributed by atoms with van der Waals surface area (Å²) in [5.41, 5.74) is -0.298. The molecule has 2 aromatic carbocycles. The highest BCUT2D eigenvalue weighted by atomic mass is 19.4. The smallest absolute Gasteiger partial charge is 0.372 e. The number of benzene rings is 2. The maximum atomic E-state index is 13.4. The average molecular weight is 485 g/mol. The predicted molar refractivity (Wildman–Crippen MR) is 124 cm³/mol. The second-order valence-electron chi connectivity index (χ2n) is 9.12. The van der Waals surface area contributed by atoms with Gasteiger partial charge in [0.05, 0.1) is 23.1 Å². The molecule has 2 saturated heterocycles. The number of carbonyl (C=O) groups excluding carboxylic acids is 2. The van der Waals surface area contributed by atoms with Crippen molar-refractivity contribution in [2.75, 3.05) is 38.1 Å². The monoisotopic (exact) mass is 484 g/mol. The lowest BCUT2D eigenvalue weighted by molar-refractivity contribution is -0.137. The number of hydrogen-bond donors (Lipinski definition) is 1. The molecule has 2 fully saturated rings. The van der Waals surface area contributed by atoms with Gasteiger partial charge < -0.3 is 15.1 Å². The molecular formula is C26H27F3N4O2. The second-order valence-corrected chi connectivity index (χ2v) is 9.12. The number of hydrogen-bond acceptors (Lipinski definition) is 4. The molecule has 0 radical (unpaired) electrons. The Kier molecular flexibility index (Phi) is 7.01.